The Morgan fingerprint density at radius 2 is 1.96 bits per heavy atom. The maximum absolute atomic E-state index is 14.0. The number of ether oxygens (including phenoxy) is 1. The van der Waals surface area contributed by atoms with E-state index in [1.165, 1.54) is 6.07 Å². The Morgan fingerprint density at radius 1 is 1.29 bits per heavy atom. The molecule has 130 valence electrons. The highest BCUT2D eigenvalue weighted by Gasteiger charge is 2.52. The van der Waals surface area contributed by atoms with Crippen LogP contribution in [0.4, 0.5) is 4.39 Å². The van der Waals surface area contributed by atoms with Crippen LogP contribution < -0.4 is 5.32 Å². The summed E-state index contributed by atoms with van der Waals surface area (Å²) in [6, 6.07) is 6.30. The van der Waals surface area contributed by atoms with Crippen molar-refractivity contribution >= 4 is 11.9 Å². The van der Waals surface area contributed by atoms with Crippen LogP contribution in [0.1, 0.15) is 31.2 Å². The monoisotopic (exact) mass is 335 g/mol. The molecule has 2 fully saturated rings. The molecule has 0 bridgehead atoms. The van der Waals surface area contributed by atoms with Crippen molar-refractivity contribution in [2.24, 2.45) is 11.8 Å². The molecular formula is C18H22FNO4. The molecule has 6 heteroatoms. The standard InChI is InChI=1S/C18H22FNO4/c19-15-4-2-1-3-14(15)18(7-8-18)17(23)20-11-13(16(21)22)12-5-9-24-10-6-12/h1-4,12-13H,5-11H2,(H,20,23)(H,21,22). The smallest absolute Gasteiger partial charge is 0.308 e. The van der Waals surface area contributed by atoms with Crippen LogP contribution in [0.25, 0.3) is 0 Å². The summed E-state index contributed by atoms with van der Waals surface area (Å²) in [6.45, 7) is 1.19. The highest BCUT2D eigenvalue weighted by molar-refractivity contribution is 5.91. The number of hydrogen-bond acceptors (Lipinski definition) is 3. The van der Waals surface area contributed by atoms with Crippen LogP contribution in [0.3, 0.4) is 0 Å². The van der Waals surface area contributed by atoms with E-state index in [0.29, 0.717) is 44.5 Å². The molecule has 24 heavy (non-hydrogen) atoms. The molecule has 1 aliphatic heterocycles. The second-order valence-electron chi connectivity index (χ2n) is 6.67. The van der Waals surface area contributed by atoms with Gasteiger partial charge < -0.3 is 15.2 Å². The lowest BCUT2D eigenvalue weighted by Gasteiger charge is -2.28. The van der Waals surface area contributed by atoms with Crippen molar-refractivity contribution in [3.05, 3.63) is 35.6 Å². The Morgan fingerprint density at radius 3 is 2.54 bits per heavy atom. The Balaban J connectivity index is 1.66. The Hall–Kier alpha value is -1.95. The average molecular weight is 335 g/mol. The zero-order valence-corrected chi connectivity index (χ0v) is 13.5. The first kappa shape index (κ1) is 16.9. The van der Waals surface area contributed by atoms with Crippen LogP contribution in [0, 0.1) is 17.7 Å². The van der Waals surface area contributed by atoms with E-state index in [4.69, 9.17) is 4.74 Å². The zero-order valence-electron chi connectivity index (χ0n) is 13.5. The maximum atomic E-state index is 14.0. The second-order valence-corrected chi connectivity index (χ2v) is 6.67. The molecule has 2 N–H and O–H groups in total. The van der Waals surface area contributed by atoms with E-state index in [9.17, 15) is 19.1 Å². The van der Waals surface area contributed by atoms with E-state index in [1.807, 2.05) is 0 Å². The maximum Gasteiger partial charge on any atom is 0.308 e. The molecule has 1 aromatic carbocycles. The fourth-order valence-electron chi connectivity index (χ4n) is 3.54. The van der Waals surface area contributed by atoms with Gasteiger partial charge in [-0.15, -0.1) is 0 Å². The molecule has 1 unspecified atom stereocenters. The molecule has 1 saturated heterocycles. The summed E-state index contributed by atoms with van der Waals surface area (Å²) >= 11 is 0. The molecule has 1 aliphatic carbocycles. The Labute approximate surface area is 140 Å². The molecule has 1 aromatic rings. The Bertz CT molecular complexity index is 623. The summed E-state index contributed by atoms with van der Waals surface area (Å²) in [5.41, 5.74) is -0.426. The molecule has 2 aliphatic rings. The van der Waals surface area contributed by atoms with Crippen LogP contribution in [0.5, 0.6) is 0 Å². The van der Waals surface area contributed by atoms with Gasteiger partial charge >= 0.3 is 5.97 Å². The average Bonchev–Trinajstić information content (AvgIpc) is 3.38. The van der Waals surface area contributed by atoms with Crippen molar-refractivity contribution in [2.45, 2.75) is 31.1 Å². The molecular weight excluding hydrogens is 313 g/mol. The summed E-state index contributed by atoms with van der Waals surface area (Å²) < 4.78 is 19.3. The number of carboxylic acid groups (broad SMARTS) is 1. The molecule has 0 radical (unpaired) electrons. The van der Waals surface area contributed by atoms with Crippen LogP contribution in [-0.2, 0) is 19.7 Å². The first-order valence-electron chi connectivity index (χ1n) is 8.38. The van der Waals surface area contributed by atoms with Crippen molar-refractivity contribution in [3.8, 4) is 0 Å². The van der Waals surface area contributed by atoms with Gasteiger partial charge in [0, 0.05) is 25.3 Å². The Kier molecular flexibility index (Phi) is 4.85. The van der Waals surface area contributed by atoms with Crippen molar-refractivity contribution in [1.82, 2.24) is 5.32 Å². The van der Waals surface area contributed by atoms with E-state index in [2.05, 4.69) is 5.32 Å². The second kappa shape index (κ2) is 6.89. The minimum atomic E-state index is -0.905. The first-order chi connectivity index (χ1) is 11.5. The van der Waals surface area contributed by atoms with Crippen molar-refractivity contribution in [2.75, 3.05) is 19.8 Å². The summed E-state index contributed by atoms with van der Waals surface area (Å²) in [6.07, 6.45) is 2.56. The third-order valence-corrected chi connectivity index (χ3v) is 5.21. The number of carbonyl (C=O) groups is 2. The van der Waals surface area contributed by atoms with Gasteiger partial charge in [0.1, 0.15) is 5.82 Å². The van der Waals surface area contributed by atoms with Crippen molar-refractivity contribution < 1.29 is 23.8 Å². The van der Waals surface area contributed by atoms with Gasteiger partial charge in [-0.05, 0) is 37.7 Å². The number of aliphatic carboxylic acids is 1. The SMILES string of the molecule is O=C(O)C(CNC(=O)C1(c2ccccc2F)CC1)C1CCOCC1. The highest BCUT2D eigenvalue weighted by Crippen LogP contribution is 2.49. The number of rotatable bonds is 6. The fraction of sp³-hybridized carbons (Fsp3) is 0.556. The molecule has 0 aromatic heterocycles. The fourth-order valence-corrected chi connectivity index (χ4v) is 3.54. The quantitative estimate of drug-likeness (QED) is 0.835. The van der Waals surface area contributed by atoms with E-state index < -0.39 is 17.3 Å². The lowest BCUT2D eigenvalue weighted by molar-refractivity contribution is -0.145. The van der Waals surface area contributed by atoms with Gasteiger partial charge in [0.05, 0.1) is 11.3 Å². The zero-order chi connectivity index (χ0) is 17.2. The number of halogens is 1. The number of carboxylic acids is 1. The topological polar surface area (TPSA) is 75.6 Å². The number of nitrogens with one attached hydrogen (secondary N) is 1. The van der Waals surface area contributed by atoms with Gasteiger partial charge in [-0.25, -0.2) is 4.39 Å². The predicted octanol–water partition coefficient (Wildman–Crippen LogP) is 2.10. The number of carbonyl (C=O) groups excluding carboxylic acids is 1. The summed E-state index contributed by atoms with van der Waals surface area (Å²) in [5, 5.41) is 12.2. The van der Waals surface area contributed by atoms with Crippen LogP contribution >= 0.6 is 0 Å². The molecule has 1 atom stereocenters. The number of benzene rings is 1. The van der Waals surface area contributed by atoms with Gasteiger partial charge in [0.2, 0.25) is 5.91 Å². The van der Waals surface area contributed by atoms with Crippen LogP contribution in [-0.4, -0.2) is 36.7 Å². The minimum absolute atomic E-state index is 0.000152. The molecule has 1 amide bonds. The largest absolute Gasteiger partial charge is 0.481 e. The normalized spacial score (nSPS) is 21.0. The molecule has 1 heterocycles. The summed E-state index contributed by atoms with van der Waals surface area (Å²) in [7, 11) is 0. The van der Waals surface area contributed by atoms with E-state index in [-0.39, 0.29) is 24.2 Å². The van der Waals surface area contributed by atoms with Crippen molar-refractivity contribution in [3.63, 3.8) is 0 Å². The van der Waals surface area contributed by atoms with Crippen LogP contribution in [0.2, 0.25) is 0 Å². The summed E-state index contributed by atoms with van der Waals surface area (Å²) in [4.78, 5) is 24.1. The predicted molar refractivity (Wildman–Crippen MR) is 85.0 cm³/mol. The van der Waals surface area contributed by atoms with Gasteiger partial charge in [-0.2, -0.15) is 0 Å². The lowest BCUT2D eigenvalue weighted by Crippen LogP contribution is -2.42. The first-order valence-corrected chi connectivity index (χ1v) is 8.38. The molecule has 3 rings (SSSR count). The molecule has 1 saturated carbocycles. The van der Waals surface area contributed by atoms with Crippen molar-refractivity contribution in [1.29, 1.82) is 0 Å². The van der Waals surface area contributed by atoms with Crippen LogP contribution in [0.15, 0.2) is 24.3 Å². The molecule has 5 nitrogen and oxygen atoms in total. The van der Waals surface area contributed by atoms with E-state index >= 15 is 0 Å². The third kappa shape index (κ3) is 3.29. The van der Waals surface area contributed by atoms with E-state index in [1.54, 1.807) is 18.2 Å². The highest BCUT2D eigenvalue weighted by atomic mass is 19.1. The van der Waals surface area contributed by atoms with Gasteiger partial charge in [0.15, 0.2) is 0 Å². The van der Waals surface area contributed by atoms with E-state index in [0.717, 1.165) is 0 Å². The third-order valence-electron chi connectivity index (χ3n) is 5.21. The van der Waals surface area contributed by atoms with Gasteiger partial charge in [0.25, 0.3) is 0 Å². The number of hydrogen-bond donors (Lipinski definition) is 2. The molecule has 0 spiro atoms. The summed E-state index contributed by atoms with van der Waals surface area (Å²) in [5.74, 6) is -2.19. The minimum Gasteiger partial charge on any atom is -0.481 e. The number of amides is 1. The van der Waals surface area contributed by atoms with Gasteiger partial charge in [-0.3, -0.25) is 9.59 Å². The van der Waals surface area contributed by atoms with Gasteiger partial charge in [-0.1, -0.05) is 18.2 Å². The lowest BCUT2D eigenvalue weighted by atomic mass is 9.85.